The van der Waals surface area contributed by atoms with E-state index in [4.69, 9.17) is 14.2 Å². The Kier molecular flexibility index (Phi) is 9.00. The van der Waals surface area contributed by atoms with Crippen molar-refractivity contribution in [3.8, 4) is 11.1 Å². The summed E-state index contributed by atoms with van der Waals surface area (Å²) in [6, 6.07) is 13.7. The lowest BCUT2D eigenvalue weighted by atomic mass is 9.98. The van der Waals surface area contributed by atoms with Crippen molar-refractivity contribution in [3.63, 3.8) is 0 Å². The van der Waals surface area contributed by atoms with Gasteiger partial charge >= 0.3 is 12.1 Å². The van der Waals surface area contributed by atoms with Crippen LogP contribution in [0.25, 0.3) is 11.1 Å². The highest BCUT2D eigenvalue weighted by atomic mass is 16.5. The maximum Gasteiger partial charge on any atom is 0.407 e. The van der Waals surface area contributed by atoms with Crippen LogP contribution in [0.2, 0.25) is 0 Å². The molecule has 0 bridgehead atoms. The van der Waals surface area contributed by atoms with E-state index in [9.17, 15) is 19.5 Å². The second-order valence-electron chi connectivity index (χ2n) is 8.01. The summed E-state index contributed by atoms with van der Waals surface area (Å²) in [5.41, 5.74) is 4.36. The van der Waals surface area contributed by atoms with Crippen LogP contribution in [0.1, 0.15) is 29.9 Å². The number of fused-ring (bicyclic) bond motifs is 3. The first-order valence-corrected chi connectivity index (χ1v) is 11.1. The van der Waals surface area contributed by atoms with Gasteiger partial charge < -0.3 is 30.0 Å². The van der Waals surface area contributed by atoms with Crippen LogP contribution in [0.15, 0.2) is 48.5 Å². The number of hydrogen-bond donors (Lipinski definition) is 3. The number of carboxylic acid groups (broad SMARTS) is 1. The van der Waals surface area contributed by atoms with E-state index in [0.29, 0.717) is 13.0 Å². The molecule has 3 rings (SSSR count). The predicted octanol–water partition coefficient (Wildman–Crippen LogP) is 2.54. The maximum atomic E-state index is 12.6. The first kappa shape index (κ1) is 25.2. The molecular formula is C25H30N2O7. The van der Waals surface area contributed by atoms with Crippen LogP contribution in [-0.2, 0) is 23.8 Å². The van der Waals surface area contributed by atoms with Gasteiger partial charge in [0.1, 0.15) is 18.7 Å². The van der Waals surface area contributed by atoms with Crippen LogP contribution in [0.5, 0.6) is 0 Å². The molecule has 0 heterocycles. The van der Waals surface area contributed by atoms with E-state index in [0.717, 1.165) is 22.3 Å². The number of ether oxygens (including phenoxy) is 3. The fraction of sp³-hybridized carbons (Fsp3) is 0.400. The van der Waals surface area contributed by atoms with Gasteiger partial charge in [-0.15, -0.1) is 0 Å². The Labute approximate surface area is 198 Å². The molecule has 1 unspecified atom stereocenters. The van der Waals surface area contributed by atoms with E-state index in [2.05, 4.69) is 10.6 Å². The molecule has 0 radical (unpaired) electrons. The largest absolute Gasteiger partial charge is 0.480 e. The van der Waals surface area contributed by atoms with Gasteiger partial charge in [-0.3, -0.25) is 4.79 Å². The van der Waals surface area contributed by atoms with Gasteiger partial charge in [0.25, 0.3) is 0 Å². The number of nitrogens with one attached hydrogen (secondary N) is 2. The van der Waals surface area contributed by atoms with Crippen molar-refractivity contribution in [3.05, 3.63) is 59.7 Å². The van der Waals surface area contributed by atoms with Gasteiger partial charge in [-0.1, -0.05) is 48.5 Å². The van der Waals surface area contributed by atoms with Crippen LogP contribution in [0, 0.1) is 0 Å². The number of carboxylic acids is 1. The number of alkyl carbamates (subject to hydrolysis) is 1. The molecule has 0 aliphatic heterocycles. The molecule has 3 N–H and O–H groups in total. The van der Waals surface area contributed by atoms with Crippen molar-refractivity contribution in [2.75, 3.05) is 34.0 Å². The lowest BCUT2D eigenvalue weighted by molar-refractivity contribution is -0.142. The van der Waals surface area contributed by atoms with Gasteiger partial charge in [-0.2, -0.15) is 0 Å². The summed E-state index contributed by atoms with van der Waals surface area (Å²) >= 11 is 0. The molecule has 2 atom stereocenters. The topological polar surface area (TPSA) is 123 Å². The number of carbonyl (C=O) groups excluding carboxylic acids is 2. The summed E-state index contributed by atoms with van der Waals surface area (Å²) in [7, 11) is 2.90. The highest BCUT2D eigenvalue weighted by molar-refractivity contribution is 5.89. The van der Waals surface area contributed by atoms with Crippen LogP contribution >= 0.6 is 0 Å². The third kappa shape index (κ3) is 6.12. The second-order valence-corrected chi connectivity index (χ2v) is 8.01. The number of methoxy groups -OCH3 is 2. The van der Waals surface area contributed by atoms with E-state index in [1.54, 1.807) is 0 Å². The molecule has 2 amide bonds. The molecule has 9 nitrogen and oxygen atoms in total. The van der Waals surface area contributed by atoms with Gasteiger partial charge in [-0.25, -0.2) is 9.59 Å². The van der Waals surface area contributed by atoms with E-state index < -0.39 is 30.1 Å². The van der Waals surface area contributed by atoms with Crippen LogP contribution in [0.3, 0.4) is 0 Å². The number of carbonyl (C=O) groups is 3. The quantitative estimate of drug-likeness (QED) is 0.407. The standard InChI is InChI=1S/C25H30N2O7/c1-32-13-7-12-21(24(29)30)26-23(28)22(15-33-2)27-25(31)34-14-20-18-10-5-3-8-16(18)17-9-4-6-11-19(17)20/h3-6,8-11,20-22H,7,12-15H2,1-2H3,(H,26,28)(H,27,31)(H,29,30)/t21?,22-/m0/s1. The first-order valence-electron chi connectivity index (χ1n) is 11.1. The highest BCUT2D eigenvalue weighted by Gasteiger charge is 2.30. The van der Waals surface area contributed by atoms with Crippen molar-refractivity contribution in [1.82, 2.24) is 10.6 Å². The molecule has 0 aromatic heterocycles. The van der Waals surface area contributed by atoms with Crippen molar-refractivity contribution in [2.24, 2.45) is 0 Å². The number of rotatable bonds is 12. The summed E-state index contributed by atoms with van der Waals surface area (Å²) in [4.78, 5) is 36.7. The summed E-state index contributed by atoms with van der Waals surface area (Å²) in [6.45, 7) is 0.329. The third-order valence-corrected chi connectivity index (χ3v) is 5.74. The lowest BCUT2D eigenvalue weighted by Crippen LogP contribution is -2.53. The zero-order valence-corrected chi connectivity index (χ0v) is 19.3. The Morgan fingerprint density at radius 1 is 0.912 bits per heavy atom. The fourth-order valence-electron chi connectivity index (χ4n) is 4.09. The van der Waals surface area contributed by atoms with E-state index in [-0.39, 0.29) is 25.6 Å². The molecule has 9 heteroatoms. The molecule has 0 saturated carbocycles. The maximum absolute atomic E-state index is 12.6. The molecule has 0 saturated heterocycles. The van der Waals surface area contributed by atoms with Crippen molar-refractivity contribution in [1.29, 1.82) is 0 Å². The van der Waals surface area contributed by atoms with E-state index >= 15 is 0 Å². The first-order chi connectivity index (χ1) is 16.5. The molecule has 1 aliphatic carbocycles. The highest BCUT2D eigenvalue weighted by Crippen LogP contribution is 2.44. The summed E-state index contributed by atoms with van der Waals surface area (Å²) in [5, 5.41) is 14.3. The number of benzene rings is 2. The minimum absolute atomic E-state index is 0.0932. The Morgan fingerprint density at radius 3 is 2.09 bits per heavy atom. The van der Waals surface area contributed by atoms with Crippen molar-refractivity contribution >= 4 is 18.0 Å². The molecule has 0 spiro atoms. The summed E-state index contributed by atoms with van der Waals surface area (Å²) in [6.07, 6.45) is -0.132. The van der Waals surface area contributed by atoms with Crippen molar-refractivity contribution < 1.29 is 33.7 Å². The van der Waals surface area contributed by atoms with Gasteiger partial charge in [0.2, 0.25) is 5.91 Å². The zero-order chi connectivity index (χ0) is 24.5. The molecular weight excluding hydrogens is 440 g/mol. The Balaban J connectivity index is 1.61. The average Bonchev–Trinajstić information content (AvgIpc) is 3.15. The number of amides is 2. The monoisotopic (exact) mass is 470 g/mol. The van der Waals surface area contributed by atoms with Crippen molar-refractivity contribution in [2.45, 2.75) is 30.8 Å². The smallest absolute Gasteiger partial charge is 0.407 e. The van der Waals surface area contributed by atoms with Gasteiger partial charge in [0.15, 0.2) is 0 Å². The molecule has 0 fully saturated rings. The van der Waals surface area contributed by atoms with Crippen LogP contribution in [0.4, 0.5) is 4.79 Å². The van der Waals surface area contributed by atoms with Crippen LogP contribution < -0.4 is 10.6 Å². The lowest BCUT2D eigenvalue weighted by Gasteiger charge is -2.21. The van der Waals surface area contributed by atoms with Gasteiger partial charge in [0.05, 0.1) is 6.61 Å². The molecule has 1 aliphatic rings. The van der Waals surface area contributed by atoms with E-state index in [1.165, 1.54) is 14.2 Å². The minimum Gasteiger partial charge on any atom is -0.480 e. The number of aliphatic carboxylic acids is 1. The van der Waals surface area contributed by atoms with Gasteiger partial charge in [0, 0.05) is 26.7 Å². The zero-order valence-electron chi connectivity index (χ0n) is 19.3. The fourth-order valence-corrected chi connectivity index (χ4v) is 4.09. The van der Waals surface area contributed by atoms with Gasteiger partial charge in [-0.05, 0) is 35.1 Å². The average molecular weight is 471 g/mol. The molecule has 2 aromatic rings. The molecule has 34 heavy (non-hydrogen) atoms. The van der Waals surface area contributed by atoms with E-state index in [1.807, 2.05) is 48.5 Å². The Morgan fingerprint density at radius 2 is 1.53 bits per heavy atom. The Bertz CT molecular complexity index is 965. The SMILES string of the molecule is COCCCC(NC(=O)[C@H](COC)NC(=O)OCC1c2ccccc2-c2ccccc21)C(=O)O. The minimum atomic E-state index is -1.17. The second kappa shape index (κ2) is 12.2. The normalized spacial score (nSPS) is 13.9. The molecule has 2 aromatic carbocycles. The third-order valence-electron chi connectivity index (χ3n) is 5.74. The van der Waals surface area contributed by atoms with Crippen LogP contribution in [-0.4, -0.2) is 69.2 Å². The molecule has 182 valence electrons. The predicted molar refractivity (Wildman–Crippen MR) is 125 cm³/mol. The number of hydrogen-bond acceptors (Lipinski definition) is 6. The Hall–Kier alpha value is -3.43. The summed E-state index contributed by atoms with van der Waals surface area (Å²) in [5.74, 6) is -1.95. The summed E-state index contributed by atoms with van der Waals surface area (Å²) < 4.78 is 15.4.